The minimum Gasteiger partial charge on any atom is -0.496 e. The Morgan fingerprint density at radius 2 is 0.644 bits per heavy atom. The van der Waals surface area contributed by atoms with Gasteiger partial charge in [-0.1, -0.05) is 43.3 Å². The van der Waals surface area contributed by atoms with Crippen LogP contribution in [0.5, 0.6) is 17.2 Å². The Bertz CT molecular complexity index is 8010. The highest BCUT2D eigenvalue weighted by Gasteiger charge is 2.25. The van der Waals surface area contributed by atoms with Gasteiger partial charge in [-0.25, -0.2) is 4.98 Å². The number of rotatable bonds is 45. The van der Waals surface area contributed by atoms with Crippen LogP contribution in [0.4, 0.5) is 126 Å². The van der Waals surface area contributed by atoms with Gasteiger partial charge in [0.2, 0.25) is 23.8 Å². The van der Waals surface area contributed by atoms with Crippen molar-refractivity contribution in [3.63, 3.8) is 0 Å². The summed E-state index contributed by atoms with van der Waals surface area (Å²) in [4.78, 5) is 27.5. The first-order valence-electron chi connectivity index (χ1n) is 44.3. The van der Waals surface area contributed by atoms with Crippen molar-refractivity contribution in [1.82, 2.24) is 29.9 Å². The monoisotopic (exact) mass is 2070 g/mol. The van der Waals surface area contributed by atoms with E-state index in [-0.39, 0.29) is 136 Å². The average molecular weight is 2070 g/mol. The summed E-state index contributed by atoms with van der Waals surface area (Å²) in [6, 6.07) is 62.2. The molecule has 10 N–H and O–H groups in total. The molecule has 12 aromatic carbocycles. The number of aromatic nitrogens is 6. The van der Waals surface area contributed by atoms with Crippen molar-refractivity contribution in [2.75, 3.05) is 60.4 Å². The lowest BCUT2D eigenvalue weighted by molar-refractivity contribution is 0.282. The van der Waals surface area contributed by atoms with E-state index in [0.717, 1.165) is 12.1 Å². The molecule has 146 heavy (non-hydrogen) atoms. The number of anilines is 6. The van der Waals surface area contributed by atoms with Crippen LogP contribution in [0, 0.1) is 27.7 Å². The van der Waals surface area contributed by atoms with Gasteiger partial charge in [-0.2, -0.15) is 139 Å². The summed E-state index contributed by atoms with van der Waals surface area (Å²) in [5.74, 6) is 0.883. The van der Waals surface area contributed by atoms with Crippen molar-refractivity contribution in [2.24, 2.45) is 81.8 Å². The molecule has 0 spiro atoms. The molecule has 0 aliphatic rings. The fourth-order valence-electron chi connectivity index (χ4n) is 13.7. The van der Waals surface area contributed by atoms with Gasteiger partial charge in [0.1, 0.15) is 50.1 Å². The molecule has 45 nitrogen and oxygen atoms in total. The lowest BCUT2D eigenvalue weighted by Gasteiger charge is -2.16. The van der Waals surface area contributed by atoms with E-state index in [1.165, 1.54) is 79.9 Å². The second-order valence-electron chi connectivity index (χ2n) is 32.1. The van der Waals surface area contributed by atoms with Gasteiger partial charge in [-0.15, -0.1) is 10.2 Å². The Labute approximate surface area is 837 Å². The standard InChI is InChI=1S/C96H92N26O19S5/c1-7-43-140-88-57-83(122-118-79-40-34-75(54-90(79)146(136,137)138)116-108-67-19-12-9-13-20-67)62(5)49-85(88)100-96-105-94(104-95(106-96)99-84-48-61(4)80(50-65(84)58-123)119-113-70-25-21-68(22-26-70)109-111-72-29-35-76(36-30-72)143(127,128)129)98-42-15-14-41-97-93-102-91(51-63-46-59(2)81(55-86(63)139-6)121-117-78-39-33-74(53-89(78)145(133,134)135)115-107-66-17-10-8-11-18-66)101-92(103-93)52-64-47-60(3)82(56-87(64)141-44-16-45-142(124,125)126)120-114-71-27-23-69(24-28-71)110-112-73-31-37-77(38-32-73)144(130,131)132/h8-13,17-40,46-50,53-57,123H,7,14-16,41-45,51-52,58H2,1-6H3,(H,124,125,126)(H,127,128,129)(H,130,131,132)(H,133,134,135)(H,136,137,138)(H,97,101,102,103)(H3,98,99,100,104,105,106). The number of azo groups is 8. The normalized spacial score (nSPS) is 12.4. The van der Waals surface area contributed by atoms with Crippen LogP contribution < -0.4 is 35.5 Å². The lowest BCUT2D eigenvalue weighted by atomic mass is 10.0. The summed E-state index contributed by atoms with van der Waals surface area (Å²) >= 11 is 0. The van der Waals surface area contributed by atoms with Gasteiger partial charge < -0.3 is 40.6 Å². The van der Waals surface area contributed by atoms with E-state index in [2.05, 4.69) is 103 Å². The first-order valence-corrected chi connectivity index (χ1v) is 51.7. The molecule has 2 aromatic heterocycles. The molecule has 50 heteroatoms. The number of methoxy groups -OCH3 is 1. The fourth-order valence-corrected chi connectivity index (χ4v) is 16.4. The van der Waals surface area contributed by atoms with Crippen LogP contribution in [0.25, 0.3) is 0 Å². The highest BCUT2D eigenvalue weighted by molar-refractivity contribution is 7.87. The minimum absolute atomic E-state index is 0.000494. The number of hydrogen-bond donors (Lipinski definition) is 10. The smallest absolute Gasteiger partial charge is 0.296 e. The van der Waals surface area contributed by atoms with Gasteiger partial charge in [-0.05, 0) is 264 Å². The Hall–Kier alpha value is -16.4. The third-order valence-electron chi connectivity index (χ3n) is 21.0. The molecule has 0 fully saturated rings. The van der Waals surface area contributed by atoms with E-state index in [1.807, 2.05) is 6.92 Å². The second kappa shape index (κ2) is 48.1. The molecule has 0 atom stereocenters. The van der Waals surface area contributed by atoms with Crippen LogP contribution in [0.15, 0.2) is 344 Å². The van der Waals surface area contributed by atoms with Crippen molar-refractivity contribution >= 4 is 177 Å². The molecular weight excluding hydrogens is 1980 g/mol. The number of aryl methyl sites for hydroxylation is 4. The Morgan fingerprint density at radius 3 is 1.05 bits per heavy atom. The van der Waals surface area contributed by atoms with E-state index in [9.17, 15) is 70.0 Å². The zero-order valence-electron chi connectivity index (χ0n) is 78.4. The predicted molar refractivity (Wildman–Crippen MR) is 542 cm³/mol. The molecule has 0 aliphatic heterocycles. The largest absolute Gasteiger partial charge is 0.496 e. The number of aliphatic hydroxyl groups is 1. The van der Waals surface area contributed by atoms with Crippen molar-refractivity contribution < 1.29 is 84.2 Å². The summed E-state index contributed by atoms with van der Waals surface area (Å²) < 4.78 is 189. The molecule has 0 aliphatic carbocycles. The molecule has 14 rings (SSSR count). The van der Waals surface area contributed by atoms with E-state index >= 15 is 0 Å². The van der Waals surface area contributed by atoms with Gasteiger partial charge >= 0.3 is 0 Å². The lowest BCUT2D eigenvalue weighted by Crippen LogP contribution is -2.14. The zero-order valence-corrected chi connectivity index (χ0v) is 82.5. The third-order valence-corrected chi connectivity index (χ3v) is 25.3. The molecule has 0 radical (unpaired) electrons. The molecule has 0 unspecified atom stereocenters. The number of nitrogens with one attached hydrogen (secondary N) is 4. The number of aliphatic hydroxyl groups excluding tert-OH is 1. The summed E-state index contributed by atoms with van der Waals surface area (Å²) in [6.45, 7) is 9.04. The van der Waals surface area contributed by atoms with Crippen molar-refractivity contribution in [2.45, 2.75) is 99.3 Å². The predicted octanol–water partition coefficient (Wildman–Crippen LogP) is 24.5. The Morgan fingerprint density at radius 1 is 0.308 bits per heavy atom. The van der Waals surface area contributed by atoms with Crippen molar-refractivity contribution in [1.29, 1.82) is 0 Å². The van der Waals surface area contributed by atoms with Crippen LogP contribution in [0.3, 0.4) is 0 Å². The first-order chi connectivity index (χ1) is 69.9. The number of ether oxygens (including phenoxy) is 3. The molecule has 14 aromatic rings. The van der Waals surface area contributed by atoms with E-state index in [1.54, 1.807) is 185 Å². The first kappa shape index (κ1) is 105. The maximum atomic E-state index is 12.8. The molecule has 0 amide bonds. The number of benzene rings is 12. The van der Waals surface area contributed by atoms with Gasteiger partial charge in [0, 0.05) is 66.5 Å². The molecule has 2 heterocycles. The van der Waals surface area contributed by atoms with Gasteiger partial charge in [0.05, 0.1) is 128 Å². The quantitative estimate of drug-likeness (QED) is 0.00962. The Kier molecular flexibility index (Phi) is 34.7. The van der Waals surface area contributed by atoms with E-state index in [0.29, 0.717) is 132 Å². The van der Waals surface area contributed by atoms with Crippen LogP contribution >= 0.6 is 0 Å². The van der Waals surface area contributed by atoms with E-state index in [4.69, 9.17) is 44.1 Å². The second-order valence-corrected chi connectivity index (χ2v) is 39.3. The average Bonchev–Trinajstić information content (AvgIpc) is 0.807. The molecule has 750 valence electrons. The molecular formula is C96H92N26O19S5. The number of hydrogen-bond acceptors (Lipinski definition) is 40. The van der Waals surface area contributed by atoms with Crippen LogP contribution in [-0.4, -0.2) is 139 Å². The Balaban J connectivity index is 0.743. The van der Waals surface area contributed by atoms with Gasteiger partial charge in [0.25, 0.3) is 50.6 Å². The maximum absolute atomic E-state index is 12.8. The number of unbranched alkanes of at least 4 members (excludes halogenated alkanes) is 1. The van der Waals surface area contributed by atoms with Gasteiger partial charge in [-0.3, -0.25) is 22.8 Å². The van der Waals surface area contributed by atoms with Crippen molar-refractivity contribution in [3.8, 4) is 17.2 Å². The van der Waals surface area contributed by atoms with Crippen molar-refractivity contribution in [3.05, 3.63) is 293 Å². The van der Waals surface area contributed by atoms with E-state index < -0.39 is 72.7 Å². The van der Waals surface area contributed by atoms with Crippen LogP contribution in [-0.2, 0) is 70.0 Å². The van der Waals surface area contributed by atoms with Crippen LogP contribution in [0.2, 0.25) is 0 Å². The summed E-state index contributed by atoms with van der Waals surface area (Å²) in [5, 5.41) is 92.8. The fraction of sp³-hybridized carbons (Fsp3) is 0.188. The minimum atomic E-state index is -4.87. The molecule has 0 bridgehead atoms. The SMILES string of the molecule is CCCOc1cc(N=Nc2ccc(N=Nc3ccccc3)cc2S(=O)(=O)O)c(C)cc1Nc1nc(NCCCCNc2nc(Cc3cc(C)c(N=Nc4ccc(N=Nc5ccccc5)cc4S(=O)(=O)O)cc3OC)nc(Cc3cc(C)c(N=Nc4ccc(N=Nc5ccc(S(=O)(=O)O)cc5)cc4)cc3OCCCS(=O)(=O)O)n2)nc(Nc2cc(C)c(N=Nc3ccc(N=Nc4ccc(S(=O)(=O)O)cc4)cc3)cc2CO)n1. The molecule has 0 saturated heterocycles. The summed E-state index contributed by atoms with van der Waals surface area (Å²) in [6.07, 6.45) is 1.37. The summed E-state index contributed by atoms with van der Waals surface area (Å²) in [7, 11) is -21.5. The zero-order chi connectivity index (χ0) is 104. The number of nitrogens with zero attached hydrogens (tertiary/aromatic N) is 22. The molecule has 0 saturated carbocycles. The summed E-state index contributed by atoms with van der Waals surface area (Å²) in [5.41, 5.74) is 8.96. The topological polar surface area (TPSA) is 643 Å². The highest BCUT2D eigenvalue weighted by atomic mass is 32.2. The van der Waals surface area contributed by atoms with Crippen LogP contribution in [0.1, 0.15) is 83.2 Å². The third kappa shape index (κ3) is 30.6. The van der Waals surface area contributed by atoms with Gasteiger partial charge in [0.15, 0.2) is 0 Å². The highest BCUT2D eigenvalue weighted by Crippen LogP contribution is 2.42. The maximum Gasteiger partial charge on any atom is 0.296 e.